The van der Waals surface area contributed by atoms with Gasteiger partial charge in [-0.1, -0.05) is 35.5 Å². The molecule has 1 aromatic carbocycles. The lowest BCUT2D eigenvalue weighted by atomic mass is 10.1. The molecule has 3 rings (SSSR count). The summed E-state index contributed by atoms with van der Waals surface area (Å²) < 4.78 is 7.33. The van der Waals surface area contributed by atoms with E-state index in [0.29, 0.717) is 17.8 Å². The molecule has 0 bridgehead atoms. The fourth-order valence-electron chi connectivity index (χ4n) is 2.31. The number of benzene rings is 1. The fraction of sp³-hybridized carbons (Fsp3) is 0.312. The molecule has 23 heavy (non-hydrogen) atoms. The van der Waals surface area contributed by atoms with Crippen molar-refractivity contribution in [2.24, 2.45) is 0 Å². The Kier molecular flexibility index (Phi) is 5.90. The summed E-state index contributed by atoms with van der Waals surface area (Å²) in [6.07, 6.45) is 4.37. The second kappa shape index (κ2) is 7.89. The third-order valence-corrected chi connectivity index (χ3v) is 3.60. The van der Waals surface area contributed by atoms with E-state index in [-0.39, 0.29) is 18.4 Å². The summed E-state index contributed by atoms with van der Waals surface area (Å²) in [5.41, 5.74) is 1.06. The van der Waals surface area contributed by atoms with Gasteiger partial charge in [0.1, 0.15) is 0 Å². The van der Waals surface area contributed by atoms with Gasteiger partial charge in [-0.3, -0.25) is 4.68 Å². The molecule has 6 nitrogen and oxygen atoms in total. The lowest BCUT2D eigenvalue weighted by Gasteiger charge is -2.13. The average Bonchev–Trinajstić information content (AvgIpc) is 3.21. The molecule has 0 spiro atoms. The molecule has 0 aliphatic carbocycles. The second-order valence-corrected chi connectivity index (χ2v) is 5.24. The van der Waals surface area contributed by atoms with Gasteiger partial charge in [0, 0.05) is 24.9 Å². The third-order valence-electron chi connectivity index (χ3n) is 3.60. The predicted octanol–water partition coefficient (Wildman–Crippen LogP) is 2.48. The van der Waals surface area contributed by atoms with Crippen LogP contribution in [0, 0.1) is 0 Å². The van der Waals surface area contributed by atoms with E-state index in [1.54, 1.807) is 6.20 Å². The third kappa shape index (κ3) is 3.97. The first kappa shape index (κ1) is 17.2. The van der Waals surface area contributed by atoms with E-state index in [0.717, 1.165) is 12.0 Å². The molecular weight excluding hydrogens is 314 g/mol. The summed E-state index contributed by atoms with van der Waals surface area (Å²) in [5, 5.41) is 11.6. The maximum Gasteiger partial charge on any atom is 0.256 e. The molecular formula is C16H20ClN5O. The predicted molar refractivity (Wildman–Crippen MR) is 89.7 cm³/mol. The van der Waals surface area contributed by atoms with Crippen LogP contribution in [0.5, 0.6) is 0 Å². The number of nitrogens with one attached hydrogen (secondary N) is 1. The molecule has 0 saturated carbocycles. The van der Waals surface area contributed by atoms with Gasteiger partial charge in [-0.25, -0.2) is 0 Å². The Morgan fingerprint density at radius 2 is 2.00 bits per heavy atom. The minimum Gasteiger partial charge on any atom is -0.337 e. The normalized spacial score (nSPS) is 13.3. The van der Waals surface area contributed by atoms with Gasteiger partial charge in [0.15, 0.2) is 11.9 Å². The Morgan fingerprint density at radius 1 is 1.22 bits per heavy atom. The Balaban J connectivity index is 0.00000192. The van der Waals surface area contributed by atoms with Crippen molar-refractivity contribution in [2.45, 2.75) is 25.4 Å². The molecule has 0 aliphatic heterocycles. The number of hydrogen-bond acceptors (Lipinski definition) is 5. The van der Waals surface area contributed by atoms with Crippen LogP contribution in [0.3, 0.4) is 0 Å². The molecule has 2 unspecified atom stereocenters. The summed E-state index contributed by atoms with van der Waals surface area (Å²) in [4.78, 5) is 4.55. The minimum absolute atomic E-state index is 0. The molecule has 3 aromatic rings. The van der Waals surface area contributed by atoms with Crippen molar-refractivity contribution in [1.82, 2.24) is 25.2 Å². The van der Waals surface area contributed by atoms with Gasteiger partial charge in [0.25, 0.3) is 5.89 Å². The number of rotatable bonds is 6. The zero-order chi connectivity index (χ0) is 15.4. The summed E-state index contributed by atoms with van der Waals surface area (Å²) >= 11 is 0. The summed E-state index contributed by atoms with van der Waals surface area (Å²) in [6, 6.07) is 12.0. The maximum absolute atomic E-state index is 5.50. The second-order valence-electron chi connectivity index (χ2n) is 5.24. The number of nitrogens with zero attached hydrogens (tertiary/aromatic N) is 4. The van der Waals surface area contributed by atoms with E-state index in [1.165, 1.54) is 0 Å². The summed E-state index contributed by atoms with van der Waals surface area (Å²) in [7, 11) is 1.92. The maximum atomic E-state index is 5.50. The lowest BCUT2D eigenvalue weighted by Crippen LogP contribution is -2.24. The van der Waals surface area contributed by atoms with E-state index in [4.69, 9.17) is 4.52 Å². The molecule has 0 fully saturated rings. The van der Waals surface area contributed by atoms with Gasteiger partial charge in [0.2, 0.25) is 0 Å². The Labute approximate surface area is 141 Å². The largest absolute Gasteiger partial charge is 0.337 e. The Bertz CT molecular complexity index is 698. The van der Waals surface area contributed by atoms with E-state index in [2.05, 4.69) is 27.5 Å². The summed E-state index contributed by atoms with van der Waals surface area (Å²) in [6.45, 7) is 2.08. The van der Waals surface area contributed by atoms with Crippen LogP contribution in [0.2, 0.25) is 0 Å². The minimum atomic E-state index is -0.206. The number of likely N-dealkylation sites (N-methyl/N-ethyl adjacent to an activating group) is 1. The lowest BCUT2D eigenvalue weighted by molar-refractivity contribution is 0.340. The van der Waals surface area contributed by atoms with Gasteiger partial charge in [-0.2, -0.15) is 10.1 Å². The smallest absolute Gasteiger partial charge is 0.256 e. The monoisotopic (exact) mass is 333 g/mol. The average molecular weight is 334 g/mol. The van der Waals surface area contributed by atoms with Crippen LogP contribution in [0.25, 0.3) is 0 Å². The number of hydrogen-bond donors (Lipinski definition) is 1. The zero-order valence-corrected chi connectivity index (χ0v) is 13.9. The van der Waals surface area contributed by atoms with Gasteiger partial charge >= 0.3 is 0 Å². The molecule has 122 valence electrons. The van der Waals surface area contributed by atoms with E-state index in [1.807, 2.05) is 54.3 Å². The van der Waals surface area contributed by atoms with E-state index >= 15 is 0 Å². The molecule has 1 N–H and O–H groups in total. The molecule has 2 aromatic heterocycles. The molecule has 0 saturated heterocycles. The van der Waals surface area contributed by atoms with Gasteiger partial charge in [-0.15, -0.1) is 12.4 Å². The molecule has 2 heterocycles. The first-order valence-corrected chi connectivity index (χ1v) is 7.31. The van der Waals surface area contributed by atoms with Gasteiger partial charge in [-0.05, 0) is 25.6 Å². The van der Waals surface area contributed by atoms with Crippen LogP contribution < -0.4 is 5.32 Å². The highest BCUT2D eigenvalue weighted by atomic mass is 35.5. The molecule has 2 atom stereocenters. The van der Waals surface area contributed by atoms with Gasteiger partial charge in [0.05, 0.1) is 0 Å². The van der Waals surface area contributed by atoms with Crippen LogP contribution in [0.15, 0.2) is 53.3 Å². The molecule has 0 radical (unpaired) electrons. The Hall–Kier alpha value is -2.18. The zero-order valence-electron chi connectivity index (χ0n) is 13.1. The highest BCUT2D eigenvalue weighted by Crippen LogP contribution is 2.24. The first-order valence-electron chi connectivity index (χ1n) is 7.31. The van der Waals surface area contributed by atoms with E-state index in [9.17, 15) is 0 Å². The quantitative estimate of drug-likeness (QED) is 0.750. The standard InChI is InChI=1S/C16H19N5O.ClH/c1-12(17-2)11-14-19-16(22-20-14)15(21-10-6-9-18-21)13-7-4-3-5-8-13;/h3-10,12,15,17H,11H2,1-2H3;1H. The topological polar surface area (TPSA) is 68.8 Å². The van der Waals surface area contributed by atoms with Crippen molar-refractivity contribution >= 4 is 12.4 Å². The van der Waals surface area contributed by atoms with Crippen molar-refractivity contribution in [3.63, 3.8) is 0 Å². The van der Waals surface area contributed by atoms with Crippen LogP contribution in [-0.4, -0.2) is 33.0 Å². The molecule has 0 amide bonds. The van der Waals surface area contributed by atoms with Gasteiger partial charge < -0.3 is 9.84 Å². The SMILES string of the molecule is CNC(C)Cc1noc(C(c2ccccc2)n2cccn2)n1.Cl. The van der Waals surface area contributed by atoms with Crippen LogP contribution in [0.4, 0.5) is 0 Å². The highest BCUT2D eigenvalue weighted by Gasteiger charge is 2.23. The molecule has 0 aliphatic rings. The number of aromatic nitrogens is 4. The Morgan fingerprint density at radius 3 is 2.65 bits per heavy atom. The van der Waals surface area contributed by atoms with Crippen LogP contribution in [-0.2, 0) is 6.42 Å². The van der Waals surface area contributed by atoms with Crippen molar-refractivity contribution < 1.29 is 4.52 Å². The van der Waals surface area contributed by atoms with Crippen molar-refractivity contribution in [1.29, 1.82) is 0 Å². The van der Waals surface area contributed by atoms with Crippen molar-refractivity contribution in [3.05, 3.63) is 66.1 Å². The fourth-order valence-corrected chi connectivity index (χ4v) is 2.31. The first-order chi connectivity index (χ1) is 10.8. The number of halogens is 1. The highest BCUT2D eigenvalue weighted by molar-refractivity contribution is 5.85. The van der Waals surface area contributed by atoms with Crippen LogP contribution >= 0.6 is 12.4 Å². The van der Waals surface area contributed by atoms with Crippen LogP contribution in [0.1, 0.15) is 30.2 Å². The molecule has 7 heteroatoms. The van der Waals surface area contributed by atoms with Crippen molar-refractivity contribution in [2.75, 3.05) is 7.05 Å². The van der Waals surface area contributed by atoms with Crippen molar-refractivity contribution in [3.8, 4) is 0 Å². The van der Waals surface area contributed by atoms with E-state index < -0.39 is 0 Å². The summed E-state index contributed by atoms with van der Waals surface area (Å²) in [5.74, 6) is 1.25.